The lowest BCUT2D eigenvalue weighted by Gasteiger charge is -2.11. The van der Waals surface area contributed by atoms with Crippen LogP contribution in [0.1, 0.15) is 22.8 Å². The smallest absolute Gasteiger partial charge is 0.341 e. The summed E-state index contributed by atoms with van der Waals surface area (Å²) in [5.41, 5.74) is 6.02. The molecule has 1 aromatic rings. The van der Waals surface area contributed by atoms with Gasteiger partial charge in [-0.3, -0.25) is 9.59 Å². The van der Waals surface area contributed by atoms with Crippen molar-refractivity contribution in [2.45, 2.75) is 13.5 Å². The average molecular weight is 281 g/mol. The number of hydrogen-bond acceptors (Lipinski definition) is 6. The van der Waals surface area contributed by atoms with Gasteiger partial charge in [0.2, 0.25) is 0 Å². The lowest BCUT2D eigenvalue weighted by atomic mass is 10.1. The molecule has 0 amide bonds. The molecule has 0 saturated carbocycles. The zero-order valence-corrected chi connectivity index (χ0v) is 10.9. The summed E-state index contributed by atoms with van der Waals surface area (Å²) in [5, 5.41) is 8.58. The second-order valence-corrected chi connectivity index (χ2v) is 3.91. The highest BCUT2D eigenvalue weighted by Crippen LogP contribution is 2.21. The molecule has 0 fully saturated rings. The summed E-state index contributed by atoms with van der Waals surface area (Å²) in [6.07, 6.45) is 0. The lowest BCUT2D eigenvalue weighted by Crippen LogP contribution is -2.15. The van der Waals surface area contributed by atoms with Gasteiger partial charge in [-0.25, -0.2) is 4.79 Å². The van der Waals surface area contributed by atoms with Crippen molar-refractivity contribution in [3.63, 3.8) is 0 Å². The van der Waals surface area contributed by atoms with Crippen molar-refractivity contribution in [1.82, 2.24) is 0 Å². The van der Waals surface area contributed by atoms with Gasteiger partial charge in [0.15, 0.2) is 12.4 Å². The van der Waals surface area contributed by atoms with Gasteiger partial charge in [0.05, 0.1) is 6.54 Å². The molecule has 7 nitrogen and oxygen atoms in total. The fraction of sp³-hybridized carbons (Fsp3) is 0.308. The van der Waals surface area contributed by atoms with E-state index in [1.165, 1.54) is 25.1 Å². The maximum absolute atomic E-state index is 11.5. The van der Waals surface area contributed by atoms with Crippen LogP contribution in [0.3, 0.4) is 0 Å². The van der Waals surface area contributed by atoms with Crippen molar-refractivity contribution in [1.29, 1.82) is 0 Å². The van der Waals surface area contributed by atoms with Crippen molar-refractivity contribution in [2.75, 3.05) is 13.2 Å². The standard InChI is InChI=1S/C13H15NO6/c1-8(15)19-6-10-4-9(11(16)5-14)2-3-12(10)20-7-13(17)18/h2-4H,5-7,14H2,1H3,(H,17,18). The number of nitrogens with two attached hydrogens (primary N) is 1. The third kappa shape index (κ3) is 4.69. The highest BCUT2D eigenvalue weighted by atomic mass is 16.5. The van der Waals surface area contributed by atoms with E-state index in [0.717, 1.165) is 0 Å². The highest BCUT2D eigenvalue weighted by Gasteiger charge is 2.12. The number of benzene rings is 1. The van der Waals surface area contributed by atoms with Crippen LogP contribution < -0.4 is 10.5 Å². The van der Waals surface area contributed by atoms with Crippen LogP contribution in [0.25, 0.3) is 0 Å². The molecule has 0 bridgehead atoms. The number of carboxylic acids is 1. The van der Waals surface area contributed by atoms with Crippen molar-refractivity contribution < 1.29 is 29.0 Å². The van der Waals surface area contributed by atoms with Gasteiger partial charge in [-0.05, 0) is 18.2 Å². The van der Waals surface area contributed by atoms with Gasteiger partial charge in [-0.15, -0.1) is 0 Å². The molecule has 1 aromatic carbocycles. The summed E-state index contributed by atoms with van der Waals surface area (Å²) >= 11 is 0. The third-order valence-corrected chi connectivity index (χ3v) is 2.35. The molecule has 0 spiro atoms. The van der Waals surface area contributed by atoms with E-state index < -0.39 is 18.5 Å². The minimum Gasteiger partial charge on any atom is -0.481 e. The molecule has 0 radical (unpaired) electrons. The molecule has 1 rings (SSSR count). The van der Waals surface area contributed by atoms with Crippen molar-refractivity contribution in [3.05, 3.63) is 29.3 Å². The first-order chi connectivity index (χ1) is 9.43. The molecule has 0 saturated heterocycles. The number of rotatable bonds is 7. The molecule has 0 heterocycles. The van der Waals surface area contributed by atoms with Gasteiger partial charge in [0, 0.05) is 18.1 Å². The van der Waals surface area contributed by atoms with Crippen LogP contribution in [0.15, 0.2) is 18.2 Å². The maximum Gasteiger partial charge on any atom is 0.341 e. The second-order valence-electron chi connectivity index (χ2n) is 3.91. The Hall–Kier alpha value is -2.41. The number of carbonyl (C=O) groups excluding carboxylic acids is 2. The van der Waals surface area contributed by atoms with Crippen LogP contribution in [-0.4, -0.2) is 36.0 Å². The number of ketones is 1. The molecule has 20 heavy (non-hydrogen) atoms. The summed E-state index contributed by atoms with van der Waals surface area (Å²) < 4.78 is 9.90. The SMILES string of the molecule is CC(=O)OCc1cc(C(=O)CN)ccc1OCC(=O)O. The van der Waals surface area contributed by atoms with E-state index in [9.17, 15) is 14.4 Å². The van der Waals surface area contributed by atoms with E-state index >= 15 is 0 Å². The Morgan fingerprint density at radius 2 is 2.00 bits per heavy atom. The van der Waals surface area contributed by atoms with E-state index in [-0.39, 0.29) is 24.7 Å². The number of hydrogen-bond donors (Lipinski definition) is 2. The average Bonchev–Trinajstić information content (AvgIpc) is 2.42. The molecule has 0 aliphatic carbocycles. The van der Waals surface area contributed by atoms with Gasteiger partial charge >= 0.3 is 11.9 Å². The molecule has 108 valence electrons. The minimum absolute atomic E-state index is 0.115. The van der Waals surface area contributed by atoms with Crippen LogP contribution in [0.2, 0.25) is 0 Å². The van der Waals surface area contributed by atoms with Crippen LogP contribution in [0.4, 0.5) is 0 Å². The Morgan fingerprint density at radius 1 is 1.30 bits per heavy atom. The van der Waals surface area contributed by atoms with Crippen molar-refractivity contribution in [2.24, 2.45) is 5.73 Å². The number of ether oxygens (including phenoxy) is 2. The predicted octanol–water partition coefficient (Wildman–Crippen LogP) is 0.354. The van der Waals surface area contributed by atoms with Crippen LogP contribution >= 0.6 is 0 Å². The first kappa shape index (κ1) is 15.6. The molecule has 0 aliphatic heterocycles. The summed E-state index contributed by atoms with van der Waals surface area (Å²) in [6, 6.07) is 4.39. The number of Topliss-reactive ketones (excluding diaryl/α,β-unsaturated/α-hetero) is 1. The number of esters is 1. The summed E-state index contributed by atoms with van der Waals surface area (Å²) in [5.74, 6) is -1.67. The fourth-order valence-corrected chi connectivity index (χ4v) is 1.44. The van der Waals surface area contributed by atoms with Gasteiger partial charge in [0.25, 0.3) is 0 Å². The Balaban J connectivity index is 2.98. The van der Waals surface area contributed by atoms with Gasteiger partial charge < -0.3 is 20.3 Å². The van der Waals surface area contributed by atoms with Crippen molar-refractivity contribution >= 4 is 17.7 Å². The largest absolute Gasteiger partial charge is 0.481 e. The Morgan fingerprint density at radius 3 is 2.55 bits per heavy atom. The maximum atomic E-state index is 11.5. The molecular weight excluding hydrogens is 266 g/mol. The fourth-order valence-electron chi connectivity index (χ4n) is 1.44. The van der Waals surface area contributed by atoms with E-state index in [0.29, 0.717) is 11.1 Å². The second kappa shape index (κ2) is 7.25. The Kier molecular flexibility index (Phi) is 5.67. The van der Waals surface area contributed by atoms with Crippen LogP contribution in [-0.2, 0) is 20.9 Å². The molecule has 0 unspecified atom stereocenters. The van der Waals surface area contributed by atoms with E-state index in [2.05, 4.69) is 0 Å². The topological polar surface area (TPSA) is 116 Å². The molecule has 0 aromatic heterocycles. The Bertz CT molecular complexity index is 526. The summed E-state index contributed by atoms with van der Waals surface area (Å²) in [6.45, 7) is 0.447. The molecule has 0 atom stereocenters. The van der Waals surface area contributed by atoms with Crippen LogP contribution in [0, 0.1) is 0 Å². The summed E-state index contributed by atoms with van der Waals surface area (Å²) in [7, 11) is 0. The molecule has 7 heteroatoms. The predicted molar refractivity (Wildman–Crippen MR) is 68.4 cm³/mol. The zero-order chi connectivity index (χ0) is 15.1. The van der Waals surface area contributed by atoms with E-state index in [1.807, 2.05) is 0 Å². The molecule has 3 N–H and O–H groups in total. The minimum atomic E-state index is -1.13. The lowest BCUT2D eigenvalue weighted by molar-refractivity contribution is -0.142. The first-order valence-electron chi connectivity index (χ1n) is 5.78. The van der Waals surface area contributed by atoms with Crippen LogP contribution in [0.5, 0.6) is 5.75 Å². The first-order valence-corrected chi connectivity index (χ1v) is 5.78. The number of aliphatic carboxylic acids is 1. The van der Waals surface area contributed by atoms with Gasteiger partial charge in [0.1, 0.15) is 12.4 Å². The van der Waals surface area contributed by atoms with Gasteiger partial charge in [-0.2, -0.15) is 0 Å². The highest BCUT2D eigenvalue weighted by molar-refractivity contribution is 5.97. The number of carbonyl (C=O) groups is 3. The zero-order valence-electron chi connectivity index (χ0n) is 10.9. The molecule has 0 aliphatic rings. The quantitative estimate of drug-likeness (QED) is 0.547. The summed E-state index contributed by atoms with van der Waals surface area (Å²) in [4.78, 5) is 32.8. The third-order valence-electron chi connectivity index (χ3n) is 2.35. The van der Waals surface area contributed by atoms with Gasteiger partial charge in [-0.1, -0.05) is 0 Å². The van der Waals surface area contributed by atoms with E-state index in [4.69, 9.17) is 20.3 Å². The number of carboxylic acid groups (broad SMARTS) is 1. The van der Waals surface area contributed by atoms with Crippen molar-refractivity contribution in [3.8, 4) is 5.75 Å². The monoisotopic (exact) mass is 281 g/mol. The molecular formula is C13H15NO6. The Labute approximate surface area is 115 Å². The van der Waals surface area contributed by atoms with E-state index in [1.54, 1.807) is 0 Å². The normalized spacial score (nSPS) is 9.90.